The van der Waals surface area contributed by atoms with E-state index in [4.69, 9.17) is 21.1 Å². The van der Waals surface area contributed by atoms with Crippen LogP contribution in [0, 0.1) is 0 Å². The highest BCUT2D eigenvalue weighted by molar-refractivity contribution is 6.36. The summed E-state index contributed by atoms with van der Waals surface area (Å²) in [6.07, 6.45) is -4.95. The van der Waals surface area contributed by atoms with E-state index in [-0.39, 0.29) is 23.0 Å². The van der Waals surface area contributed by atoms with E-state index in [2.05, 4.69) is 15.3 Å². The molecular weight excluding hydrogens is 523 g/mol. The van der Waals surface area contributed by atoms with Crippen molar-refractivity contribution in [1.29, 1.82) is 0 Å². The first-order valence-electron chi connectivity index (χ1n) is 12.1. The molecule has 8 nitrogen and oxygen atoms in total. The third kappa shape index (κ3) is 4.82. The predicted molar refractivity (Wildman–Crippen MR) is 137 cm³/mol. The molecule has 0 aliphatic carbocycles. The normalized spacial score (nSPS) is 19.5. The van der Waals surface area contributed by atoms with Crippen LogP contribution in [0.4, 0.5) is 24.7 Å². The van der Waals surface area contributed by atoms with Gasteiger partial charge in [-0.1, -0.05) is 35.9 Å². The van der Waals surface area contributed by atoms with Crippen molar-refractivity contribution in [3.63, 3.8) is 0 Å². The summed E-state index contributed by atoms with van der Waals surface area (Å²) >= 11 is 6.54. The van der Waals surface area contributed by atoms with Crippen molar-refractivity contribution in [3.8, 4) is 11.5 Å². The van der Waals surface area contributed by atoms with Gasteiger partial charge >= 0.3 is 6.18 Å². The molecule has 2 aliphatic heterocycles. The smallest absolute Gasteiger partial charge is 0.410 e. The lowest BCUT2D eigenvalue weighted by atomic mass is 9.96. The van der Waals surface area contributed by atoms with E-state index in [0.717, 1.165) is 10.4 Å². The summed E-state index contributed by atoms with van der Waals surface area (Å²) in [5, 5.41) is 7.04. The minimum atomic E-state index is -4.61. The van der Waals surface area contributed by atoms with Crippen molar-refractivity contribution < 1.29 is 27.4 Å². The standard InChI is InChI=1S/C26H27ClF3N5O3/c1-37-19-9-8-16(14-20(19)38-2)18-15-21(26(28,29)30)35-24(31-18)22(27)23(32-35)25(36)34-12-10-33(11-13-34)17-6-4-3-5-7-17/h3-9,14,18,21,31H,10-13,15H2,1-2H3/t18-,21-/m0/s1. The van der Waals surface area contributed by atoms with Gasteiger partial charge in [0.05, 0.1) is 20.3 Å². The number of fused-ring (bicyclic) bond motifs is 1. The third-order valence-corrected chi connectivity index (χ3v) is 7.35. The first-order valence-corrected chi connectivity index (χ1v) is 12.5. The number of amides is 1. The monoisotopic (exact) mass is 549 g/mol. The molecule has 1 saturated heterocycles. The average molecular weight is 550 g/mol. The van der Waals surface area contributed by atoms with E-state index >= 15 is 0 Å². The molecular formula is C26H27ClF3N5O3. The molecule has 0 bridgehead atoms. The van der Waals surface area contributed by atoms with Crippen molar-refractivity contribution in [1.82, 2.24) is 14.7 Å². The Kier molecular flexibility index (Phi) is 7.04. The maximum atomic E-state index is 14.2. The molecule has 1 aromatic heterocycles. The zero-order chi connectivity index (χ0) is 27.0. The zero-order valence-corrected chi connectivity index (χ0v) is 21.6. The highest BCUT2D eigenvalue weighted by atomic mass is 35.5. The second-order valence-corrected chi connectivity index (χ2v) is 9.55. The first-order chi connectivity index (χ1) is 18.2. The van der Waals surface area contributed by atoms with Gasteiger partial charge < -0.3 is 24.6 Å². The Labute approximate surface area is 222 Å². The van der Waals surface area contributed by atoms with Gasteiger partial charge in [0.15, 0.2) is 23.2 Å². The lowest BCUT2D eigenvalue weighted by Gasteiger charge is -2.35. The van der Waals surface area contributed by atoms with Crippen LogP contribution in [-0.2, 0) is 0 Å². The number of para-hydroxylation sites is 1. The molecule has 1 amide bonds. The van der Waals surface area contributed by atoms with E-state index in [1.54, 1.807) is 23.1 Å². The number of rotatable bonds is 5. The van der Waals surface area contributed by atoms with Crippen LogP contribution in [-0.4, -0.2) is 67.2 Å². The van der Waals surface area contributed by atoms with Crippen LogP contribution >= 0.6 is 11.6 Å². The van der Waals surface area contributed by atoms with Crippen LogP contribution in [0.2, 0.25) is 5.02 Å². The van der Waals surface area contributed by atoms with Crippen molar-refractivity contribution in [3.05, 3.63) is 64.8 Å². The third-order valence-electron chi connectivity index (χ3n) is 7.00. The molecule has 2 aliphatic rings. The minimum Gasteiger partial charge on any atom is -0.493 e. The summed E-state index contributed by atoms with van der Waals surface area (Å²) in [6.45, 7) is 1.98. The molecule has 1 N–H and O–H groups in total. The van der Waals surface area contributed by atoms with E-state index in [1.165, 1.54) is 14.2 Å². The first kappa shape index (κ1) is 26.0. The number of hydrogen-bond acceptors (Lipinski definition) is 6. The number of nitrogens with zero attached hydrogens (tertiary/aromatic N) is 4. The van der Waals surface area contributed by atoms with Crippen LogP contribution in [0.25, 0.3) is 0 Å². The maximum absolute atomic E-state index is 14.2. The summed E-state index contributed by atoms with van der Waals surface area (Å²) in [7, 11) is 2.94. The number of methoxy groups -OCH3 is 2. The number of alkyl halides is 3. The van der Waals surface area contributed by atoms with Gasteiger partial charge in [0.2, 0.25) is 0 Å². The molecule has 202 valence electrons. The number of anilines is 2. The molecule has 5 rings (SSSR count). The summed E-state index contributed by atoms with van der Waals surface area (Å²) < 4.78 is 54.0. The van der Waals surface area contributed by atoms with Gasteiger partial charge in [-0.25, -0.2) is 4.68 Å². The van der Waals surface area contributed by atoms with Crippen molar-refractivity contribution >= 4 is 29.0 Å². The Morgan fingerprint density at radius 3 is 2.34 bits per heavy atom. The van der Waals surface area contributed by atoms with Crippen LogP contribution in [0.3, 0.4) is 0 Å². The predicted octanol–water partition coefficient (Wildman–Crippen LogP) is 5.18. The van der Waals surface area contributed by atoms with Crippen LogP contribution in [0.1, 0.15) is 34.6 Å². The number of aromatic nitrogens is 2. The fraction of sp³-hybridized carbons (Fsp3) is 0.385. The quantitative estimate of drug-likeness (QED) is 0.473. The zero-order valence-electron chi connectivity index (χ0n) is 20.8. The number of hydrogen-bond donors (Lipinski definition) is 1. The van der Waals surface area contributed by atoms with Crippen molar-refractivity contribution in [2.24, 2.45) is 0 Å². The van der Waals surface area contributed by atoms with Gasteiger partial charge in [-0.2, -0.15) is 18.3 Å². The molecule has 0 unspecified atom stereocenters. The lowest BCUT2D eigenvalue weighted by Crippen LogP contribution is -2.49. The Morgan fingerprint density at radius 2 is 1.71 bits per heavy atom. The highest BCUT2D eigenvalue weighted by Crippen LogP contribution is 2.47. The fourth-order valence-electron chi connectivity index (χ4n) is 4.97. The minimum absolute atomic E-state index is 0.0358. The summed E-state index contributed by atoms with van der Waals surface area (Å²) in [6, 6.07) is 12.0. The Hall–Kier alpha value is -3.60. The number of nitrogens with one attached hydrogen (secondary N) is 1. The molecule has 2 atom stereocenters. The van der Waals surface area contributed by atoms with Crippen LogP contribution in [0.5, 0.6) is 11.5 Å². The SMILES string of the molecule is COc1ccc([C@@H]2C[C@@H](C(F)(F)F)n3nc(C(=O)N4CCN(c5ccccc5)CC4)c(Cl)c3N2)cc1OC. The van der Waals surface area contributed by atoms with E-state index in [1.807, 2.05) is 30.3 Å². The molecule has 1 fully saturated rings. The molecule has 12 heteroatoms. The summed E-state index contributed by atoms with van der Waals surface area (Å²) in [5.74, 6) is 0.329. The molecule has 0 radical (unpaired) electrons. The average Bonchev–Trinajstić information content (AvgIpc) is 3.27. The van der Waals surface area contributed by atoms with Gasteiger partial charge in [0.1, 0.15) is 10.8 Å². The van der Waals surface area contributed by atoms with Crippen LogP contribution < -0.4 is 19.7 Å². The fourth-order valence-corrected chi connectivity index (χ4v) is 5.23. The van der Waals surface area contributed by atoms with E-state index < -0.39 is 24.2 Å². The highest BCUT2D eigenvalue weighted by Gasteiger charge is 2.48. The second kappa shape index (κ2) is 10.3. The summed E-state index contributed by atoms with van der Waals surface area (Å²) in [4.78, 5) is 17.1. The number of carbonyl (C=O) groups excluding carboxylic acids is 1. The van der Waals surface area contributed by atoms with Crippen molar-refractivity contribution in [2.75, 3.05) is 50.6 Å². The molecule has 0 spiro atoms. The largest absolute Gasteiger partial charge is 0.493 e. The topological polar surface area (TPSA) is 71.9 Å². The molecule has 3 heterocycles. The van der Waals surface area contributed by atoms with Gasteiger partial charge in [0, 0.05) is 38.3 Å². The Morgan fingerprint density at radius 1 is 1.03 bits per heavy atom. The molecule has 2 aromatic carbocycles. The van der Waals surface area contributed by atoms with Gasteiger partial charge in [-0.05, 0) is 29.8 Å². The molecule has 38 heavy (non-hydrogen) atoms. The maximum Gasteiger partial charge on any atom is 0.410 e. The number of benzene rings is 2. The van der Waals surface area contributed by atoms with Crippen LogP contribution in [0.15, 0.2) is 48.5 Å². The summed E-state index contributed by atoms with van der Waals surface area (Å²) in [5.41, 5.74) is 1.42. The van der Waals surface area contributed by atoms with E-state index in [9.17, 15) is 18.0 Å². The number of halogens is 4. The Balaban J connectivity index is 1.41. The molecule has 3 aromatic rings. The Bertz CT molecular complexity index is 1310. The second-order valence-electron chi connectivity index (χ2n) is 9.18. The van der Waals surface area contributed by atoms with Gasteiger partial charge in [0.25, 0.3) is 5.91 Å². The number of ether oxygens (including phenoxy) is 2. The number of piperazine rings is 1. The van der Waals surface area contributed by atoms with E-state index in [0.29, 0.717) is 43.2 Å². The lowest BCUT2D eigenvalue weighted by molar-refractivity contribution is -0.173. The molecule has 0 saturated carbocycles. The van der Waals surface area contributed by atoms with Gasteiger partial charge in [-0.15, -0.1) is 0 Å². The van der Waals surface area contributed by atoms with Gasteiger partial charge in [-0.3, -0.25) is 4.79 Å². The van der Waals surface area contributed by atoms with Crippen molar-refractivity contribution in [2.45, 2.75) is 24.7 Å². The number of carbonyl (C=O) groups is 1.